The van der Waals surface area contributed by atoms with Crippen LogP contribution in [0.15, 0.2) is 71.9 Å². The maximum atomic E-state index is 11.5. The highest BCUT2D eigenvalue weighted by atomic mass is 32.2. The van der Waals surface area contributed by atoms with E-state index in [1.54, 1.807) is 36.7 Å². The fraction of sp³-hybridized carbons (Fsp3) is 0.0588. The van der Waals surface area contributed by atoms with Crippen LogP contribution in [0.4, 0.5) is 0 Å². The van der Waals surface area contributed by atoms with Gasteiger partial charge in [-0.25, -0.2) is 8.42 Å². The van der Waals surface area contributed by atoms with Gasteiger partial charge in [0.1, 0.15) is 0 Å². The molecule has 1 aromatic carbocycles. The van der Waals surface area contributed by atoms with E-state index >= 15 is 0 Å². The molecule has 4 nitrogen and oxygen atoms in total. The molecule has 0 radical (unpaired) electrons. The molecule has 0 saturated heterocycles. The Morgan fingerprint density at radius 3 is 2.18 bits per heavy atom. The van der Waals surface area contributed by atoms with Gasteiger partial charge in [-0.1, -0.05) is 18.2 Å². The largest absolute Gasteiger partial charge is 0.256 e. The zero-order valence-electron chi connectivity index (χ0n) is 12.0. The van der Waals surface area contributed by atoms with Gasteiger partial charge in [-0.05, 0) is 36.4 Å². The lowest BCUT2D eigenvalue weighted by Crippen LogP contribution is -1.97. The molecule has 0 fully saturated rings. The minimum Gasteiger partial charge on any atom is -0.256 e. The smallest absolute Gasteiger partial charge is 0.175 e. The van der Waals surface area contributed by atoms with E-state index in [-0.39, 0.29) is 0 Å². The average Bonchev–Trinajstić information content (AvgIpc) is 2.55. The van der Waals surface area contributed by atoms with Crippen molar-refractivity contribution in [3.05, 3.63) is 67.0 Å². The molecule has 0 amide bonds. The van der Waals surface area contributed by atoms with Gasteiger partial charge in [0.25, 0.3) is 0 Å². The lowest BCUT2D eigenvalue weighted by molar-refractivity contribution is 0.602. The zero-order chi connectivity index (χ0) is 15.6. The highest BCUT2D eigenvalue weighted by molar-refractivity contribution is 7.90. The number of sulfone groups is 1. The van der Waals surface area contributed by atoms with Crippen molar-refractivity contribution in [2.45, 2.75) is 4.90 Å². The van der Waals surface area contributed by atoms with Crippen molar-refractivity contribution >= 4 is 9.84 Å². The number of aromatic nitrogens is 2. The first-order valence-electron chi connectivity index (χ1n) is 6.72. The fourth-order valence-corrected chi connectivity index (χ4v) is 2.85. The van der Waals surface area contributed by atoms with E-state index < -0.39 is 9.84 Å². The van der Waals surface area contributed by atoms with Gasteiger partial charge >= 0.3 is 0 Å². The van der Waals surface area contributed by atoms with Gasteiger partial charge in [-0.3, -0.25) is 9.97 Å². The molecule has 2 aromatic heterocycles. The van der Waals surface area contributed by atoms with E-state index in [2.05, 4.69) is 9.97 Å². The molecule has 0 N–H and O–H groups in total. The first kappa shape index (κ1) is 14.4. The fourth-order valence-electron chi connectivity index (χ4n) is 2.22. The molecule has 110 valence electrons. The molecule has 0 bridgehead atoms. The maximum Gasteiger partial charge on any atom is 0.175 e. The van der Waals surface area contributed by atoms with Crippen molar-refractivity contribution in [3.63, 3.8) is 0 Å². The molecule has 0 unspecified atom stereocenters. The van der Waals surface area contributed by atoms with Crippen LogP contribution in [0.2, 0.25) is 0 Å². The van der Waals surface area contributed by atoms with E-state index in [9.17, 15) is 8.42 Å². The summed E-state index contributed by atoms with van der Waals surface area (Å²) in [4.78, 5) is 9.08. The molecule has 2 heterocycles. The SMILES string of the molecule is CS(=O)(=O)c1ccc(-c2ncccc2-c2ccccn2)cc1. The second kappa shape index (κ2) is 5.69. The van der Waals surface area contributed by atoms with Crippen LogP contribution < -0.4 is 0 Å². The summed E-state index contributed by atoms with van der Waals surface area (Å²) in [5, 5.41) is 0. The quantitative estimate of drug-likeness (QED) is 0.745. The minimum atomic E-state index is -3.20. The van der Waals surface area contributed by atoms with Crippen LogP contribution in [0.3, 0.4) is 0 Å². The van der Waals surface area contributed by atoms with E-state index in [4.69, 9.17) is 0 Å². The predicted molar refractivity (Wildman–Crippen MR) is 86.0 cm³/mol. The third-order valence-electron chi connectivity index (χ3n) is 3.30. The van der Waals surface area contributed by atoms with Crippen molar-refractivity contribution in [3.8, 4) is 22.5 Å². The monoisotopic (exact) mass is 310 g/mol. The zero-order valence-corrected chi connectivity index (χ0v) is 12.8. The second-order valence-corrected chi connectivity index (χ2v) is 6.93. The molecule has 3 rings (SSSR count). The van der Waals surface area contributed by atoms with Gasteiger partial charge in [0, 0.05) is 29.8 Å². The summed E-state index contributed by atoms with van der Waals surface area (Å²) < 4.78 is 23.1. The first-order valence-corrected chi connectivity index (χ1v) is 8.62. The number of nitrogens with zero attached hydrogens (tertiary/aromatic N) is 2. The molecule has 5 heteroatoms. The summed E-state index contributed by atoms with van der Waals surface area (Å²) in [5.74, 6) is 0. The summed E-state index contributed by atoms with van der Waals surface area (Å²) in [6.45, 7) is 0. The van der Waals surface area contributed by atoms with Crippen LogP contribution in [0.5, 0.6) is 0 Å². The summed E-state index contributed by atoms with van der Waals surface area (Å²) in [6, 6.07) is 16.3. The second-order valence-electron chi connectivity index (χ2n) is 4.91. The van der Waals surface area contributed by atoms with E-state index in [1.807, 2.05) is 30.3 Å². The number of hydrogen-bond acceptors (Lipinski definition) is 4. The van der Waals surface area contributed by atoms with Crippen LogP contribution in [0.1, 0.15) is 0 Å². The summed E-state index contributed by atoms with van der Waals surface area (Å²) in [7, 11) is -3.20. The summed E-state index contributed by atoms with van der Waals surface area (Å²) in [6.07, 6.45) is 4.65. The van der Waals surface area contributed by atoms with Crippen molar-refractivity contribution < 1.29 is 8.42 Å². The Hall–Kier alpha value is -2.53. The van der Waals surface area contributed by atoms with Gasteiger partial charge in [0.15, 0.2) is 9.84 Å². The highest BCUT2D eigenvalue weighted by Crippen LogP contribution is 2.29. The Kier molecular flexibility index (Phi) is 3.73. The lowest BCUT2D eigenvalue weighted by atomic mass is 10.0. The van der Waals surface area contributed by atoms with Gasteiger partial charge in [0.05, 0.1) is 16.3 Å². The maximum absolute atomic E-state index is 11.5. The van der Waals surface area contributed by atoms with Crippen LogP contribution in [-0.2, 0) is 9.84 Å². The number of rotatable bonds is 3. The lowest BCUT2D eigenvalue weighted by Gasteiger charge is -2.08. The number of benzene rings is 1. The van der Waals surface area contributed by atoms with Gasteiger partial charge in [0.2, 0.25) is 0 Å². The summed E-state index contributed by atoms with van der Waals surface area (Å²) >= 11 is 0. The van der Waals surface area contributed by atoms with E-state index in [1.165, 1.54) is 6.26 Å². The molecular weight excluding hydrogens is 296 g/mol. The van der Waals surface area contributed by atoms with Crippen LogP contribution in [-0.4, -0.2) is 24.6 Å². The van der Waals surface area contributed by atoms with E-state index in [0.717, 1.165) is 22.5 Å². The Balaban J connectivity index is 2.10. The molecule has 0 spiro atoms. The highest BCUT2D eigenvalue weighted by Gasteiger charge is 2.11. The number of pyridine rings is 2. The minimum absolute atomic E-state index is 0.298. The summed E-state index contributed by atoms with van der Waals surface area (Å²) in [5.41, 5.74) is 3.38. The number of hydrogen-bond donors (Lipinski definition) is 0. The van der Waals surface area contributed by atoms with Gasteiger partial charge in [-0.2, -0.15) is 0 Å². The molecule has 0 aliphatic carbocycles. The topological polar surface area (TPSA) is 59.9 Å². The molecule has 0 aliphatic heterocycles. The third kappa shape index (κ3) is 2.89. The van der Waals surface area contributed by atoms with Gasteiger partial charge in [-0.15, -0.1) is 0 Å². The molecule has 22 heavy (non-hydrogen) atoms. The average molecular weight is 310 g/mol. The predicted octanol–water partition coefficient (Wildman–Crippen LogP) is 3.21. The van der Waals surface area contributed by atoms with Gasteiger partial charge < -0.3 is 0 Å². The van der Waals surface area contributed by atoms with Crippen LogP contribution in [0.25, 0.3) is 22.5 Å². The molecule has 0 saturated carbocycles. The van der Waals surface area contributed by atoms with Crippen molar-refractivity contribution in [2.24, 2.45) is 0 Å². The Morgan fingerprint density at radius 2 is 1.55 bits per heavy atom. The Morgan fingerprint density at radius 1 is 0.818 bits per heavy atom. The first-order chi connectivity index (χ1) is 10.6. The molecule has 3 aromatic rings. The molecule has 0 atom stereocenters. The van der Waals surface area contributed by atoms with Crippen molar-refractivity contribution in [2.75, 3.05) is 6.26 Å². The Labute approximate surface area is 129 Å². The van der Waals surface area contributed by atoms with Crippen LogP contribution >= 0.6 is 0 Å². The van der Waals surface area contributed by atoms with Crippen molar-refractivity contribution in [1.82, 2.24) is 9.97 Å². The molecular formula is C17H14N2O2S. The standard InChI is InChI=1S/C17H14N2O2S/c1-22(20,21)14-9-7-13(8-10-14)17-15(5-4-12-19-17)16-6-2-3-11-18-16/h2-12H,1H3. The van der Waals surface area contributed by atoms with Crippen molar-refractivity contribution in [1.29, 1.82) is 0 Å². The molecule has 0 aliphatic rings. The van der Waals surface area contributed by atoms with E-state index in [0.29, 0.717) is 4.90 Å². The third-order valence-corrected chi connectivity index (χ3v) is 4.43. The Bertz CT molecular complexity index is 889. The normalized spacial score (nSPS) is 11.3. The van der Waals surface area contributed by atoms with Crippen LogP contribution in [0, 0.1) is 0 Å².